The first-order chi connectivity index (χ1) is 15.2. The number of halogens is 2. The van der Waals surface area contributed by atoms with Crippen molar-refractivity contribution in [2.24, 2.45) is 0 Å². The van der Waals surface area contributed by atoms with E-state index in [1.807, 2.05) is 0 Å². The van der Waals surface area contributed by atoms with Crippen molar-refractivity contribution in [3.63, 3.8) is 0 Å². The number of hydrogen-bond donors (Lipinski definition) is 2. The fraction of sp³-hybridized carbons (Fsp3) is 0.0870. The van der Waals surface area contributed by atoms with E-state index >= 15 is 0 Å². The molecule has 32 heavy (non-hydrogen) atoms. The van der Waals surface area contributed by atoms with E-state index in [4.69, 9.17) is 27.9 Å². The number of ether oxygens (including phenoxy) is 1. The highest BCUT2D eigenvalue weighted by molar-refractivity contribution is 7.92. The molecule has 0 spiro atoms. The zero-order valence-electron chi connectivity index (χ0n) is 17.1. The summed E-state index contributed by atoms with van der Waals surface area (Å²) in [5.41, 5.74) is 1.89. The van der Waals surface area contributed by atoms with Crippen LogP contribution in [0.5, 0.6) is 5.75 Å². The normalized spacial score (nSPS) is 11.0. The van der Waals surface area contributed by atoms with E-state index in [0.29, 0.717) is 23.4 Å². The Morgan fingerprint density at radius 2 is 1.81 bits per heavy atom. The maximum atomic E-state index is 12.7. The minimum atomic E-state index is -3.90. The van der Waals surface area contributed by atoms with Gasteiger partial charge in [-0.3, -0.25) is 9.52 Å². The van der Waals surface area contributed by atoms with Gasteiger partial charge in [0.2, 0.25) is 0 Å². The molecule has 9 heteroatoms. The molecule has 0 heterocycles. The van der Waals surface area contributed by atoms with E-state index in [1.54, 1.807) is 43.5 Å². The quantitative estimate of drug-likeness (QED) is 0.391. The minimum Gasteiger partial charge on any atom is -0.496 e. The smallest absolute Gasteiger partial charge is 0.261 e. The SMILES string of the molecule is C=CCc1cc(C(=O)Nc2ccc(S(=O)(=O)Nc3cccc(Cl)c3Cl)cc2)ccc1OC. The number of carbonyl (C=O) groups is 1. The number of amides is 1. The minimum absolute atomic E-state index is 0.00394. The monoisotopic (exact) mass is 490 g/mol. The van der Waals surface area contributed by atoms with Crippen LogP contribution in [-0.2, 0) is 16.4 Å². The van der Waals surface area contributed by atoms with Gasteiger partial charge in [0, 0.05) is 11.3 Å². The number of rotatable bonds is 8. The molecular formula is C23H20Cl2N2O4S. The molecule has 3 aromatic rings. The van der Waals surface area contributed by atoms with Gasteiger partial charge in [0.05, 0.1) is 27.7 Å². The lowest BCUT2D eigenvalue weighted by atomic mass is 10.1. The van der Waals surface area contributed by atoms with Crippen LogP contribution < -0.4 is 14.8 Å². The largest absolute Gasteiger partial charge is 0.496 e. The Labute approximate surface area is 196 Å². The van der Waals surface area contributed by atoms with Crippen molar-refractivity contribution in [1.29, 1.82) is 0 Å². The third-order valence-corrected chi connectivity index (χ3v) is 6.73. The Morgan fingerprint density at radius 3 is 2.47 bits per heavy atom. The predicted molar refractivity (Wildman–Crippen MR) is 129 cm³/mol. The average Bonchev–Trinajstić information content (AvgIpc) is 2.77. The first kappa shape index (κ1) is 23.7. The third kappa shape index (κ3) is 5.43. The highest BCUT2D eigenvalue weighted by Crippen LogP contribution is 2.31. The molecule has 0 bridgehead atoms. The van der Waals surface area contributed by atoms with Crippen LogP contribution in [0.15, 0.2) is 78.2 Å². The first-order valence-electron chi connectivity index (χ1n) is 9.41. The number of anilines is 2. The number of allylic oxidation sites excluding steroid dienone is 1. The van der Waals surface area contributed by atoms with E-state index in [-0.39, 0.29) is 26.5 Å². The summed E-state index contributed by atoms with van der Waals surface area (Å²) in [5, 5.41) is 3.09. The lowest BCUT2D eigenvalue weighted by Crippen LogP contribution is -2.14. The second kappa shape index (κ2) is 10.1. The Bertz CT molecular complexity index is 1260. The van der Waals surface area contributed by atoms with Crippen LogP contribution in [-0.4, -0.2) is 21.4 Å². The Hall–Kier alpha value is -3.00. The first-order valence-corrected chi connectivity index (χ1v) is 11.6. The second-order valence-corrected chi connectivity index (χ2v) is 9.17. The Balaban J connectivity index is 1.75. The lowest BCUT2D eigenvalue weighted by molar-refractivity contribution is 0.102. The molecule has 0 saturated heterocycles. The summed E-state index contributed by atoms with van der Waals surface area (Å²) in [4.78, 5) is 12.6. The average molecular weight is 491 g/mol. The van der Waals surface area contributed by atoms with Gasteiger partial charge in [0.1, 0.15) is 5.75 Å². The molecule has 0 unspecified atom stereocenters. The van der Waals surface area contributed by atoms with E-state index < -0.39 is 10.0 Å². The summed E-state index contributed by atoms with van der Waals surface area (Å²) in [7, 11) is -2.34. The van der Waals surface area contributed by atoms with Crippen LogP contribution in [0, 0.1) is 0 Å². The molecule has 0 atom stereocenters. The van der Waals surface area contributed by atoms with E-state index in [2.05, 4.69) is 16.6 Å². The predicted octanol–water partition coefficient (Wildman–Crippen LogP) is 5.78. The number of nitrogens with one attached hydrogen (secondary N) is 2. The molecule has 3 rings (SSSR count). The van der Waals surface area contributed by atoms with Gasteiger partial charge in [-0.2, -0.15) is 0 Å². The maximum Gasteiger partial charge on any atom is 0.261 e. The van der Waals surface area contributed by atoms with Crippen molar-refractivity contribution in [1.82, 2.24) is 0 Å². The zero-order valence-corrected chi connectivity index (χ0v) is 19.4. The van der Waals surface area contributed by atoms with Crippen molar-refractivity contribution in [2.45, 2.75) is 11.3 Å². The molecule has 0 radical (unpaired) electrons. The molecule has 0 saturated carbocycles. The van der Waals surface area contributed by atoms with Crippen molar-refractivity contribution >= 4 is 50.5 Å². The molecule has 1 amide bonds. The van der Waals surface area contributed by atoms with Gasteiger partial charge in [-0.15, -0.1) is 6.58 Å². The van der Waals surface area contributed by atoms with Crippen LogP contribution in [0.3, 0.4) is 0 Å². The summed E-state index contributed by atoms with van der Waals surface area (Å²) < 4.78 is 33.0. The number of methoxy groups -OCH3 is 1. The molecular weight excluding hydrogens is 471 g/mol. The van der Waals surface area contributed by atoms with Gasteiger partial charge in [-0.25, -0.2) is 8.42 Å². The van der Waals surface area contributed by atoms with E-state index in [1.165, 1.54) is 30.3 Å². The highest BCUT2D eigenvalue weighted by Gasteiger charge is 2.17. The summed E-state index contributed by atoms with van der Waals surface area (Å²) in [5.74, 6) is 0.334. The van der Waals surface area contributed by atoms with Crippen LogP contribution in [0.2, 0.25) is 10.0 Å². The van der Waals surface area contributed by atoms with Crippen LogP contribution in [0.4, 0.5) is 11.4 Å². The molecule has 0 aliphatic carbocycles. The number of benzene rings is 3. The number of sulfonamides is 1. The van der Waals surface area contributed by atoms with Crippen molar-refractivity contribution in [2.75, 3.05) is 17.1 Å². The Kier molecular flexibility index (Phi) is 7.45. The van der Waals surface area contributed by atoms with Gasteiger partial charge >= 0.3 is 0 Å². The summed E-state index contributed by atoms with van der Waals surface area (Å²) in [6.07, 6.45) is 2.28. The standard InChI is InChI=1S/C23H20Cl2N2O4S/c1-3-5-15-14-16(8-13-21(15)31-2)23(28)26-17-9-11-18(12-10-17)32(29,30)27-20-7-4-6-19(24)22(20)25/h3-4,6-14,27H,1,5H2,2H3,(H,26,28). The van der Waals surface area contributed by atoms with Crippen molar-refractivity contribution < 1.29 is 17.9 Å². The molecule has 2 N–H and O–H groups in total. The Morgan fingerprint density at radius 1 is 1.09 bits per heavy atom. The number of hydrogen-bond acceptors (Lipinski definition) is 4. The molecule has 0 fully saturated rings. The molecule has 0 aliphatic heterocycles. The van der Waals surface area contributed by atoms with Crippen LogP contribution >= 0.6 is 23.2 Å². The highest BCUT2D eigenvalue weighted by atomic mass is 35.5. The molecule has 6 nitrogen and oxygen atoms in total. The lowest BCUT2D eigenvalue weighted by Gasteiger charge is -2.12. The zero-order chi connectivity index (χ0) is 23.3. The van der Waals surface area contributed by atoms with Crippen LogP contribution in [0.1, 0.15) is 15.9 Å². The van der Waals surface area contributed by atoms with Crippen LogP contribution in [0.25, 0.3) is 0 Å². The van der Waals surface area contributed by atoms with E-state index in [0.717, 1.165) is 5.56 Å². The van der Waals surface area contributed by atoms with E-state index in [9.17, 15) is 13.2 Å². The van der Waals surface area contributed by atoms with Gasteiger partial charge in [-0.1, -0.05) is 35.3 Å². The third-order valence-electron chi connectivity index (χ3n) is 4.53. The molecule has 3 aromatic carbocycles. The summed E-state index contributed by atoms with van der Waals surface area (Å²) in [6, 6.07) is 15.5. The molecule has 166 valence electrons. The second-order valence-electron chi connectivity index (χ2n) is 6.70. The van der Waals surface area contributed by atoms with Gasteiger partial charge < -0.3 is 10.1 Å². The summed E-state index contributed by atoms with van der Waals surface area (Å²) >= 11 is 12.0. The fourth-order valence-electron chi connectivity index (χ4n) is 2.94. The summed E-state index contributed by atoms with van der Waals surface area (Å²) in [6.45, 7) is 3.71. The fourth-order valence-corrected chi connectivity index (χ4v) is 4.42. The molecule has 0 aromatic heterocycles. The van der Waals surface area contributed by atoms with Gasteiger partial charge in [0.25, 0.3) is 15.9 Å². The molecule has 0 aliphatic rings. The van der Waals surface area contributed by atoms with Gasteiger partial charge in [0.15, 0.2) is 0 Å². The van der Waals surface area contributed by atoms with Crippen molar-refractivity contribution in [3.8, 4) is 5.75 Å². The van der Waals surface area contributed by atoms with Gasteiger partial charge in [-0.05, 0) is 66.6 Å². The topological polar surface area (TPSA) is 84.5 Å². The maximum absolute atomic E-state index is 12.7. The van der Waals surface area contributed by atoms with Crippen molar-refractivity contribution in [3.05, 3.63) is 94.5 Å². The number of carbonyl (C=O) groups excluding carboxylic acids is 1.